The fourth-order valence-corrected chi connectivity index (χ4v) is 2.11. The third kappa shape index (κ3) is 3.49. The zero-order chi connectivity index (χ0) is 14.7. The van der Waals surface area contributed by atoms with Gasteiger partial charge in [-0.1, -0.05) is 33.6 Å². The van der Waals surface area contributed by atoms with Gasteiger partial charge in [-0.3, -0.25) is 0 Å². The summed E-state index contributed by atoms with van der Waals surface area (Å²) in [5.41, 5.74) is 0.448. The lowest BCUT2D eigenvalue weighted by atomic mass is 10.2. The van der Waals surface area contributed by atoms with Gasteiger partial charge in [0.2, 0.25) is 0 Å². The molecule has 6 heteroatoms. The van der Waals surface area contributed by atoms with E-state index in [2.05, 4.69) is 15.9 Å². The molecule has 0 heterocycles. The molecule has 3 nitrogen and oxygen atoms in total. The molecule has 1 N–H and O–H groups in total. The van der Waals surface area contributed by atoms with E-state index in [0.717, 1.165) is 0 Å². The molecule has 0 aliphatic rings. The summed E-state index contributed by atoms with van der Waals surface area (Å²) >= 11 is 9.08. The number of ether oxygens (including phenoxy) is 1. The van der Waals surface area contributed by atoms with Crippen molar-refractivity contribution in [1.29, 1.82) is 0 Å². The molecule has 20 heavy (non-hydrogen) atoms. The Hall–Kier alpha value is -1.59. The highest BCUT2D eigenvalue weighted by Gasteiger charge is 2.09. The van der Waals surface area contributed by atoms with E-state index in [9.17, 15) is 9.18 Å². The summed E-state index contributed by atoms with van der Waals surface area (Å²) in [6, 6.07) is 8.75. The number of hydrogen-bond acceptors (Lipinski definition) is 2. The second-order valence-electron chi connectivity index (χ2n) is 3.97. The van der Waals surface area contributed by atoms with Gasteiger partial charge in [-0.25, -0.2) is 9.18 Å². The van der Waals surface area contributed by atoms with E-state index in [-0.39, 0.29) is 17.2 Å². The van der Waals surface area contributed by atoms with Gasteiger partial charge in [0.25, 0.3) is 0 Å². The number of halogens is 3. The average molecular weight is 360 g/mol. The van der Waals surface area contributed by atoms with Crippen LogP contribution in [0.4, 0.5) is 4.39 Å². The number of aromatic carboxylic acids is 1. The van der Waals surface area contributed by atoms with Crippen molar-refractivity contribution in [3.8, 4) is 5.75 Å². The van der Waals surface area contributed by atoms with Crippen LogP contribution in [-0.4, -0.2) is 11.1 Å². The van der Waals surface area contributed by atoms with Gasteiger partial charge in [0, 0.05) is 10.0 Å². The molecule has 2 aromatic carbocycles. The Morgan fingerprint density at radius 3 is 2.65 bits per heavy atom. The lowest BCUT2D eigenvalue weighted by molar-refractivity contribution is 0.0697. The SMILES string of the molecule is O=C(O)c1ccc(OCc2ccc(Br)cc2F)c(Cl)c1. The van der Waals surface area contributed by atoms with Crippen molar-refractivity contribution in [2.75, 3.05) is 0 Å². The van der Waals surface area contributed by atoms with E-state index in [1.54, 1.807) is 12.1 Å². The fraction of sp³-hybridized carbons (Fsp3) is 0.0714. The molecular weight excluding hydrogens is 351 g/mol. The maximum Gasteiger partial charge on any atom is 0.335 e. The van der Waals surface area contributed by atoms with Crippen molar-refractivity contribution in [3.05, 3.63) is 62.8 Å². The van der Waals surface area contributed by atoms with Crippen molar-refractivity contribution >= 4 is 33.5 Å². The molecule has 0 bridgehead atoms. The topological polar surface area (TPSA) is 46.5 Å². The molecule has 0 atom stereocenters. The molecule has 0 aliphatic carbocycles. The highest BCUT2D eigenvalue weighted by molar-refractivity contribution is 9.10. The Labute approximate surface area is 128 Å². The second-order valence-corrected chi connectivity index (χ2v) is 5.30. The Morgan fingerprint density at radius 2 is 2.05 bits per heavy atom. The van der Waals surface area contributed by atoms with Crippen molar-refractivity contribution in [3.63, 3.8) is 0 Å². The molecule has 2 rings (SSSR count). The number of rotatable bonds is 4. The number of carboxylic acid groups (broad SMARTS) is 1. The molecule has 0 aromatic heterocycles. The van der Waals surface area contributed by atoms with Crippen molar-refractivity contribution in [2.45, 2.75) is 6.61 Å². The van der Waals surface area contributed by atoms with E-state index in [1.807, 2.05) is 0 Å². The molecule has 0 aliphatic heterocycles. The molecule has 0 spiro atoms. The molecule has 104 valence electrons. The van der Waals surface area contributed by atoms with Gasteiger partial charge in [-0.15, -0.1) is 0 Å². The largest absolute Gasteiger partial charge is 0.487 e. The van der Waals surface area contributed by atoms with E-state index in [4.69, 9.17) is 21.4 Å². The highest BCUT2D eigenvalue weighted by Crippen LogP contribution is 2.27. The van der Waals surface area contributed by atoms with Crippen LogP contribution in [0.1, 0.15) is 15.9 Å². The van der Waals surface area contributed by atoms with Crippen LogP contribution in [0.2, 0.25) is 5.02 Å². The summed E-state index contributed by atoms with van der Waals surface area (Å²) in [6.07, 6.45) is 0. The normalized spacial score (nSPS) is 10.3. The molecule has 0 unspecified atom stereocenters. The Balaban J connectivity index is 2.13. The van der Waals surface area contributed by atoms with Crippen LogP contribution in [0.5, 0.6) is 5.75 Å². The lowest BCUT2D eigenvalue weighted by Gasteiger charge is -2.09. The van der Waals surface area contributed by atoms with E-state index in [1.165, 1.54) is 24.3 Å². The zero-order valence-electron chi connectivity index (χ0n) is 10.1. The van der Waals surface area contributed by atoms with Gasteiger partial charge in [0.05, 0.1) is 10.6 Å². The first-order chi connectivity index (χ1) is 9.47. The minimum atomic E-state index is -1.07. The third-order valence-corrected chi connectivity index (χ3v) is 3.37. The Morgan fingerprint density at radius 1 is 1.30 bits per heavy atom. The standard InChI is InChI=1S/C14H9BrClFO3/c15-10-3-1-9(12(17)6-10)7-20-13-4-2-8(14(18)19)5-11(13)16/h1-6H,7H2,(H,18,19). The maximum atomic E-state index is 13.6. The van der Waals surface area contributed by atoms with E-state index >= 15 is 0 Å². The number of hydrogen-bond donors (Lipinski definition) is 1. The summed E-state index contributed by atoms with van der Waals surface area (Å²) in [5.74, 6) is -1.16. The summed E-state index contributed by atoms with van der Waals surface area (Å²) in [6.45, 7) is 0.00521. The Bertz CT molecular complexity index is 661. The molecule has 0 radical (unpaired) electrons. The minimum absolute atomic E-state index is 0.00521. The average Bonchev–Trinajstić information content (AvgIpc) is 2.38. The predicted octanol–water partition coefficient (Wildman–Crippen LogP) is 4.52. The second kappa shape index (κ2) is 6.24. The molecule has 0 saturated carbocycles. The van der Waals surface area contributed by atoms with Crippen molar-refractivity contribution < 1.29 is 19.0 Å². The monoisotopic (exact) mass is 358 g/mol. The van der Waals surface area contributed by atoms with E-state index in [0.29, 0.717) is 15.8 Å². The lowest BCUT2D eigenvalue weighted by Crippen LogP contribution is -2.00. The van der Waals surface area contributed by atoms with Crippen LogP contribution in [0, 0.1) is 5.82 Å². The Kier molecular flexibility index (Phi) is 4.62. The highest BCUT2D eigenvalue weighted by atomic mass is 79.9. The van der Waals surface area contributed by atoms with Crippen molar-refractivity contribution in [2.24, 2.45) is 0 Å². The first-order valence-electron chi connectivity index (χ1n) is 5.57. The zero-order valence-corrected chi connectivity index (χ0v) is 12.4. The third-order valence-electron chi connectivity index (χ3n) is 2.58. The number of carbonyl (C=O) groups is 1. The molecule has 0 fully saturated rings. The van der Waals surface area contributed by atoms with Gasteiger partial charge >= 0.3 is 5.97 Å². The quantitative estimate of drug-likeness (QED) is 0.873. The van der Waals surface area contributed by atoms with Crippen LogP contribution in [0.3, 0.4) is 0 Å². The fourth-order valence-electron chi connectivity index (χ4n) is 1.55. The molecule has 0 amide bonds. The smallest absolute Gasteiger partial charge is 0.335 e. The summed E-state index contributed by atoms with van der Waals surface area (Å²) in [7, 11) is 0. The predicted molar refractivity (Wildman–Crippen MR) is 76.8 cm³/mol. The van der Waals surface area contributed by atoms with Gasteiger partial charge in [-0.05, 0) is 30.3 Å². The number of benzene rings is 2. The molecule has 2 aromatic rings. The van der Waals surface area contributed by atoms with Crippen LogP contribution < -0.4 is 4.74 Å². The van der Waals surface area contributed by atoms with Gasteiger partial charge in [0.15, 0.2) is 0 Å². The van der Waals surface area contributed by atoms with E-state index < -0.39 is 11.8 Å². The minimum Gasteiger partial charge on any atom is -0.487 e. The maximum absolute atomic E-state index is 13.6. The first-order valence-corrected chi connectivity index (χ1v) is 6.74. The van der Waals surface area contributed by atoms with Crippen LogP contribution in [0.25, 0.3) is 0 Å². The summed E-state index contributed by atoms with van der Waals surface area (Å²) < 4.78 is 19.6. The van der Waals surface area contributed by atoms with Crippen LogP contribution in [0.15, 0.2) is 40.9 Å². The summed E-state index contributed by atoms with van der Waals surface area (Å²) in [4.78, 5) is 10.8. The van der Waals surface area contributed by atoms with Gasteiger partial charge in [-0.2, -0.15) is 0 Å². The van der Waals surface area contributed by atoms with Crippen LogP contribution >= 0.6 is 27.5 Å². The van der Waals surface area contributed by atoms with Crippen LogP contribution in [-0.2, 0) is 6.61 Å². The molecule has 0 saturated heterocycles. The van der Waals surface area contributed by atoms with Crippen molar-refractivity contribution in [1.82, 2.24) is 0 Å². The number of carboxylic acids is 1. The van der Waals surface area contributed by atoms with Gasteiger partial charge in [0.1, 0.15) is 18.2 Å². The van der Waals surface area contributed by atoms with Gasteiger partial charge < -0.3 is 9.84 Å². The first kappa shape index (κ1) is 14.8. The molecular formula is C14H9BrClFO3. The summed E-state index contributed by atoms with van der Waals surface area (Å²) in [5, 5.41) is 8.99.